The standard InChI is InChI=1S/C9H12BN5O4/c11-1-6(9(17)15-4-7(12)16)8-13-2-5(3-14-8)10(18)19/h1-3,18-19H,4,11H2,(H2,12,16)(H,15,17). The molecular formula is C9H12BN5O4. The van der Waals surface area contributed by atoms with Gasteiger partial charge in [0, 0.05) is 24.1 Å². The van der Waals surface area contributed by atoms with Crippen molar-refractivity contribution in [2.45, 2.75) is 0 Å². The molecule has 19 heavy (non-hydrogen) atoms. The Balaban J connectivity index is 2.86. The zero-order valence-corrected chi connectivity index (χ0v) is 9.78. The maximum Gasteiger partial charge on any atom is 0.491 e. The van der Waals surface area contributed by atoms with Gasteiger partial charge in [0.15, 0.2) is 5.82 Å². The SMILES string of the molecule is NC=C(C(=O)NCC(N)=O)c1ncc(B(O)O)cn1. The monoisotopic (exact) mass is 265 g/mol. The summed E-state index contributed by atoms with van der Waals surface area (Å²) in [7, 11) is -1.71. The van der Waals surface area contributed by atoms with Gasteiger partial charge in [0.25, 0.3) is 5.91 Å². The smallest absolute Gasteiger partial charge is 0.423 e. The van der Waals surface area contributed by atoms with Crippen LogP contribution in [0.5, 0.6) is 0 Å². The first kappa shape index (κ1) is 14.6. The Morgan fingerprint density at radius 1 is 1.37 bits per heavy atom. The minimum Gasteiger partial charge on any atom is -0.423 e. The van der Waals surface area contributed by atoms with E-state index in [2.05, 4.69) is 15.3 Å². The van der Waals surface area contributed by atoms with E-state index < -0.39 is 18.9 Å². The Hall–Kier alpha value is -2.46. The summed E-state index contributed by atoms with van der Waals surface area (Å²) in [5, 5.41) is 20.0. The summed E-state index contributed by atoms with van der Waals surface area (Å²) in [5.41, 5.74) is 10.2. The second kappa shape index (κ2) is 6.47. The molecule has 10 heteroatoms. The maximum absolute atomic E-state index is 11.7. The normalized spacial score (nSPS) is 10.9. The van der Waals surface area contributed by atoms with E-state index in [1.165, 1.54) is 0 Å². The molecule has 0 saturated heterocycles. The van der Waals surface area contributed by atoms with Crippen LogP contribution in [0.15, 0.2) is 18.6 Å². The molecule has 7 N–H and O–H groups in total. The molecule has 9 nitrogen and oxygen atoms in total. The molecule has 2 amide bonds. The predicted octanol–water partition coefficient (Wildman–Crippen LogP) is -3.94. The van der Waals surface area contributed by atoms with E-state index in [9.17, 15) is 9.59 Å². The van der Waals surface area contributed by atoms with Crippen LogP contribution < -0.4 is 22.2 Å². The van der Waals surface area contributed by atoms with Gasteiger partial charge in [-0.2, -0.15) is 0 Å². The largest absolute Gasteiger partial charge is 0.491 e. The molecule has 0 aliphatic rings. The number of carbonyl (C=O) groups excluding carboxylic acids is 2. The van der Waals surface area contributed by atoms with Crippen molar-refractivity contribution in [2.75, 3.05) is 6.54 Å². The van der Waals surface area contributed by atoms with Crippen LogP contribution in [0.3, 0.4) is 0 Å². The number of primary amides is 1. The molecule has 0 bridgehead atoms. The lowest BCUT2D eigenvalue weighted by atomic mass is 9.83. The van der Waals surface area contributed by atoms with E-state index in [-0.39, 0.29) is 23.4 Å². The lowest BCUT2D eigenvalue weighted by Gasteiger charge is -2.06. The minimum atomic E-state index is -1.71. The molecular weight excluding hydrogens is 253 g/mol. The molecule has 0 aromatic carbocycles. The zero-order valence-electron chi connectivity index (χ0n) is 9.78. The Morgan fingerprint density at radius 3 is 2.37 bits per heavy atom. The van der Waals surface area contributed by atoms with Crippen LogP contribution in [0.4, 0.5) is 0 Å². The first-order chi connectivity index (χ1) is 8.95. The third-order valence-corrected chi connectivity index (χ3v) is 2.05. The van der Waals surface area contributed by atoms with E-state index in [1.807, 2.05) is 0 Å². The van der Waals surface area contributed by atoms with Crippen molar-refractivity contribution in [3.8, 4) is 0 Å². The summed E-state index contributed by atoms with van der Waals surface area (Å²) >= 11 is 0. The average Bonchev–Trinajstić information content (AvgIpc) is 2.37. The molecule has 0 unspecified atom stereocenters. The lowest BCUT2D eigenvalue weighted by Crippen LogP contribution is -2.35. The highest BCUT2D eigenvalue weighted by molar-refractivity contribution is 6.58. The van der Waals surface area contributed by atoms with Crippen LogP contribution >= 0.6 is 0 Å². The fraction of sp³-hybridized carbons (Fsp3) is 0.111. The van der Waals surface area contributed by atoms with Gasteiger partial charge in [-0.15, -0.1) is 0 Å². The van der Waals surface area contributed by atoms with Gasteiger partial charge < -0.3 is 26.8 Å². The zero-order chi connectivity index (χ0) is 14.4. The molecule has 0 aliphatic carbocycles. The maximum atomic E-state index is 11.7. The third kappa shape index (κ3) is 4.05. The molecule has 0 radical (unpaired) electrons. The third-order valence-electron chi connectivity index (χ3n) is 2.05. The second-order valence-corrected chi connectivity index (χ2v) is 3.44. The van der Waals surface area contributed by atoms with Gasteiger partial charge in [-0.25, -0.2) is 9.97 Å². The fourth-order valence-corrected chi connectivity index (χ4v) is 1.12. The quantitative estimate of drug-likeness (QED) is 0.268. The first-order valence-electron chi connectivity index (χ1n) is 5.12. The van der Waals surface area contributed by atoms with Crippen LogP contribution in [-0.4, -0.2) is 45.5 Å². The van der Waals surface area contributed by atoms with Crippen molar-refractivity contribution in [3.63, 3.8) is 0 Å². The fourth-order valence-electron chi connectivity index (χ4n) is 1.12. The average molecular weight is 265 g/mol. The summed E-state index contributed by atoms with van der Waals surface area (Å²) in [5.74, 6) is -1.39. The van der Waals surface area contributed by atoms with Gasteiger partial charge in [0.2, 0.25) is 5.91 Å². The molecule has 1 aromatic rings. The number of amides is 2. The van der Waals surface area contributed by atoms with Gasteiger partial charge >= 0.3 is 7.12 Å². The Bertz CT molecular complexity index is 502. The number of hydrogen-bond acceptors (Lipinski definition) is 7. The lowest BCUT2D eigenvalue weighted by molar-refractivity contribution is -0.121. The summed E-state index contributed by atoms with van der Waals surface area (Å²) in [6, 6.07) is 0. The topological polar surface area (TPSA) is 164 Å². The van der Waals surface area contributed by atoms with Crippen molar-refractivity contribution < 1.29 is 19.6 Å². The van der Waals surface area contributed by atoms with Crippen LogP contribution in [0.25, 0.3) is 5.57 Å². The van der Waals surface area contributed by atoms with Crippen molar-refractivity contribution in [1.82, 2.24) is 15.3 Å². The number of aromatic nitrogens is 2. The van der Waals surface area contributed by atoms with Crippen LogP contribution in [0.1, 0.15) is 5.82 Å². The number of nitrogens with one attached hydrogen (secondary N) is 1. The Morgan fingerprint density at radius 2 is 1.95 bits per heavy atom. The number of carbonyl (C=O) groups is 2. The van der Waals surface area contributed by atoms with Gasteiger partial charge in [-0.1, -0.05) is 0 Å². The van der Waals surface area contributed by atoms with Gasteiger partial charge in [0.1, 0.15) is 0 Å². The van der Waals surface area contributed by atoms with E-state index in [0.29, 0.717) is 0 Å². The summed E-state index contributed by atoms with van der Waals surface area (Å²) in [6.07, 6.45) is 3.25. The van der Waals surface area contributed by atoms with Crippen LogP contribution in [-0.2, 0) is 9.59 Å². The molecule has 1 heterocycles. The van der Waals surface area contributed by atoms with Gasteiger partial charge in [0.05, 0.1) is 12.1 Å². The Labute approximate surface area is 108 Å². The summed E-state index contributed by atoms with van der Waals surface area (Å²) < 4.78 is 0. The van der Waals surface area contributed by atoms with Crippen molar-refractivity contribution in [3.05, 3.63) is 24.4 Å². The molecule has 0 saturated carbocycles. The van der Waals surface area contributed by atoms with Crippen molar-refractivity contribution in [1.29, 1.82) is 0 Å². The minimum absolute atomic E-state index is 0.0196. The highest BCUT2D eigenvalue weighted by Crippen LogP contribution is 2.05. The van der Waals surface area contributed by atoms with E-state index in [1.54, 1.807) is 0 Å². The van der Waals surface area contributed by atoms with Crippen molar-refractivity contribution in [2.24, 2.45) is 11.5 Å². The van der Waals surface area contributed by atoms with Gasteiger partial charge in [-0.05, 0) is 0 Å². The number of rotatable bonds is 5. The molecule has 1 rings (SSSR count). The van der Waals surface area contributed by atoms with Crippen LogP contribution in [0.2, 0.25) is 0 Å². The Kier molecular flexibility index (Phi) is 4.97. The number of nitrogens with zero attached hydrogens (tertiary/aromatic N) is 2. The van der Waals surface area contributed by atoms with E-state index in [4.69, 9.17) is 21.5 Å². The summed E-state index contributed by atoms with van der Waals surface area (Å²) in [6.45, 7) is -0.344. The summed E-state index contributed by atoms with van der Waals surface area (Å²) in [4.78, 5) is 29.7. The molecule has 0 fully saturated rings. The van der Waals surface area contributed by atoms with E-state index in [0.717, 1.165) is 18.6 Å². The molecule has 0 aliphatic heterocycles. The molecule has 1 aromatic heterocycles. The van der Waals surface area contributed by atoms with E-state index >= 15 is 0 Å². The highest BCUT2D eigenvalue weighted by Gasteiger charge is 2.17. The first-order valence-corrected chi connectivity index (χ1v) is 5.12. The van der Waals surface area contributed by atoms with Crippen molar-refractivity contribution >= 4 is 30.0 Å². The molecule has 0 atom stereocenters. The molecule has 0 spiro atoms. The number of nitrogens with two attached hydrogens (primary N) is 2. The van der Waals surface area contributed by atoms with Crippen LogP contribution in [0, 0.1) is 0 Å². The molecule has 100 valence electrons. The van der Waals surface area contributed by atoms with Gasteiger partial charge in [-0.3, -0.25) is 9.59 Å². The second-order valence-electron chi connectivity index (χ2n) is 3.44. The predicted molar refractivity (Wildman–Crippen MR) is 66.2 cm³/mol. The highest BCUT2D eigenvalue weighted by atomic mass is 16.4. The number of hydrogen-bond donors (Lipinski definition) is 5.